The number of aromatic nitrogens is 2. The molecule has 0 saturated carbocycles. The van der Waals surface area contributed by atoms with Crippen molar-refractivity contribution < 1.29 is 4.79 Å². The summed E-state index contributed by atoms with van der Waals surface area (Å²) in [7, 11) is 0. The Hall–Kier alpha value is -1.31. The van der Waals surface area contributed by atoms with Crippen molar-refractivity contribution >= 4 is 33.7 Å². The Balaban J connectivity index is 1.89. The highest BCUT2D eigenvalue weighted by atomic mass is 32.1. The second-order valence-electron chi connectivity index (χ2n) is 3.33. The van der Waals surface area contributed by atoms with Gasteiger partial charge in [0.2, 0.25) is 5.91 Å². The van der Waals surface area contributed by atoms with Crippen LogP contribution in [-0.2, 0) is 17.6 Å². The second-order valence-corrected chi connectivity index (χ2v) is 5.17. The molecule has 2 heterocycles. The van der Waals surface area contributed by atoms with Crippen LogP contribution < -0.4 is 11.1 Å². The molecule has 0 unspecified atom stereocenters. The molecule has 1 amide bonds. The first-order valence-electron chi connectivity index (χ1n) is 5.10. The van der Waals surface area contributed by atoms with Gasteiger partial charge in [0.05, 0.1) is 17.1 Å². The molecule has 7 heteroatoms. The zero-order valence-corrected chi connectivity index (χ0v) is 10.7. The van der Waals surface area contributed by atoms with E-state index in [0.29, 0.717) is 11.7 Å². The number of anilines is 1. The SMILES string of the molecule is NCCc1nc(CC(=O)Nc2nccs2)cs1. The number of amides is 1. The Morgan fingerprint density at radius 1 is 1.47 bits per heavy atom. The first kappa shape index (κ1) is 12.2. The average molecular weight is 268 g/mol. The van der Waals surface area contributed by atoms with Gasteiger partial charge in [-0.2, -0.15) is 0 Å². The molecule has 0 saturated heterocycles. The highest BCUT2D eigenvalue weighted by Crippen LogP contribution is 2.13. The molecule has 3 N–H and O–H groups in total. The van der Waals surface area contributed by atoms with Crippen LogP contribution in [0.2, 0.25) is 0 Å². The van der Waals surface area contributed by atoms with Crippen LogP contribution in [0.5, 0.6) is 0 Å². The predicted molar refractivity (Wildman–Crippen MR) is 69.3 cm³/mol. The number of carbonyl (C=O) groups is 1. The van der Waals surface area contributed by atoms with Gasteiger partial charge in [0.25, 0.3) is 0 Å². The molecular formula is C10H12N4OS2. The molecule has 2 rings (SSSR count). The molecule has 5 nitrogen and oxygen atoms in total. The number of nitrogens with one attached hydrogen (secondary N) is 1. The smallest absolute Gasteiger partial charge is 0.232 e. The zero-order chi connectivity index (χ0) is 12.1. The maximum absolute atomic E-state index is 11.6. The Morgan fingerprint density at radius 2 is 2.35 bits per heavy atom. The van der Waals surface area contributed by atoms with Crippen LogP contribution >= 0.6 is 22.7 Å². The summed E-state index contributed by atoms with van der Waals surface area (Å²) in [4.78, 5) is 20.0. The lowest BCUT2D eigenvalue weighted by molar-refractivity contribution is -0.115. The maximum atomic E-state index is 11.6. The van der Waals surface area contributed by atoms with Crippen molar-refractivity contribution in [2.24, 2.45) is 5.73 Å². The molecule has 0 fully saturated rings. The normalized spacial score (nSPS) is 10.4. The summed E-state index contributed by atoms with van der Waals surface area (Å²) in [6, 6.07) is 0. The number of nitrogens with zero attached hydrogens (tertiary/aromatic N) is 2. The van der Waals surface area contributed by atoms with Crippen LogP contribution in [0.3, 0.4) is 0 Å². The standard InChI is InChI=1S/C10H12N4OS2/c11-2-1-9-13-7(6-17-9)5-8(15)14-10-12-3-4-16-10/h3-4,6H,1-2,5,11H2,(H,12,14,15). The Labute approximate surface area is 107 Å². The van der Waals surface area contributed by atoms with Gasteiger partial charge in [0.15, 0.2) is 5.13 Å². The van der Waals surface area contributed by atoms with E-state index in [1.54, 1.807) is 6.20 Å². The lowest BCUT2D eigenvalue weighted by Gasteiger charge is -1.98. The predicted octanol–water partition coefficient (Wildman–Crippen LogP) is 1.28. The first-order chi connectivity index (χ1) is 8.28. The highest BCUT2D eigenvalue weighted by molar-refractivity contribution is 7.13. The average Bonchev–Trinajstić information content (AvgIpc) is 2.91. The fourth-order valence-corrected chi connectivity index (χ4v) is 2.64. The molecule has 2 aromatic heterocycles. The molecule has 2 aromatic rings. The van der Waals surface area contributed by atoms with Crippen LogP contribution in [0.1, 0.15) is 10.7 Å². The van der Waals surface area contributed by atoms with Gasteiger partial charge in [-0.15, -0.1) is 22.7 Å². The van der Waals surface area contributed by atoms with Crippen LogP contribution in [0, 0.1) is 0 Å². The van der Waals surface area contributed by atoms with Crippen LogP contribution in [-0.4, -0.2) is 22.4 Å². The molecule has 0 radical (unpaired) electrons. The summed E-state index contributed by atoms with van der Waals surface area (Å²) in [5.41, 5.74) is 6.23. The quantitative estimate of drug-likeness (QED) is 0.856. The van der Waals surface area contributed by atoms with E-state index < -0.39 is 0 Å². The number of nitrogens with two attached hydrogens (primary N) is 1. The van der Waals surface area contributed by atoms with E-state index in [1.807, 2.05) is 10.8 Å². The molecule has 17 heavy (non-hydrogen) atoms. The summed E-state index contributed by atoms with van der Waals surface area (Å²) < 4.78 is 0. The summed E-state index contributed by atoms with van der Waals surface area (Å²) in [6.07, 6.45) is 2.70. The summed E-state index contributed by atoms with van der Waals surface area (Å²) in [5.74, 6) is -0.0930. The second kappa shape index (κ2) is 5.85. The molecule has 0 spiro atoms. The van der Waals surface area contributed by atoms with Crippen molar-refractivity contribution in [1.29, 1.82) is 0 Å². The number of rotatable bonds is 5. The van der Waals surface area contributed by atoms with Crippen molar-refractivity contribution in [3.63, 3.8) is 0 Å². The zero-order valence-electron chi connectivity index (χ0n) is 9.05. The summed E-state index contributed by atoms with van der Waals surface area (Å²) >= 11 is 2.94. The third-order valence-corrected chi connectivity index (χ3v) is 3.62. The molecular weight excluding hydrogens is 256 g/mol. The molecule has 0 atom stereocenters. The van der Waals surface area contributed by atoms with Gasteiger partial charge in [0.1, 0.15) is 0 Å². The van der Waals surface area contributed by atoms with E-state index in [2.05, 4.69) is 15.3 Å². The topological polar surface area (TPSA) is 80.9 Å². The third kappa shape index (κ3) is 3.58. The van der Waals surface area contributed by atoms with E-state index in [-0.39, 0.29) is 12.3 Å². The number of hydrogen-bond donors (Lipinski definition) is 2. The summed E-state index contributed by atoms with van der Waals surface area (Å²) in [6.45, 7) is 0.582. The van der Waals surface area contributed by atoms with Gasteiger partial charge in [0, 0.05) is 23.4 Å². The Morgan fingerprint density at radius 3 is 3.06 bits per heavy atom. The van der Waals surface area contributed by atoms with Crippen molar-refractivity contribution in [3.05, 3.63) is 27.7 Å². The fourth-order valence-electron chi connectivity index (χ4n) is 1.28. The van der Waals surface area contributed by atoms with Crippen molar-refractivity contribution in [2.45, 2.75) is 12.8 Å². The lowest BCUT2D eigenvalue weighted by atomic mass is 10.3. The van der Waals surface area contributed by atoms with Gasteiger partial charge < -0.3 is 11.1 Å². The minimum atomic E-state index is -0.0930. The van der Waals surface area contributed by atoms with Gasteiger partial charge in [-0.1, -0.05) is 0 Å². The van der Waals surface area contributed by atoms with E-state index in [4.69, 9.17) is 5.73 Å². The van der Waals surface area contributed by atoms with Gasteiger partial charge in [-0.05, 0) is 6.54 Å². The van der Waals surface area contributed by atoms with E-state index >= 15 is 0 Å². The van der Waals surface area contributed by atoms with Crippen molar-refractivity contribution in [2.75, 3.05) is 11.9 Å². The summed E-state index contributed by atoms with van der Waals surface area (Å²) in [5, 5.41) is 8.03. The molecule has 90 valence electrons. The van der Waals surface area contributed by atoms with E-state index in [0.717, 1.165) is 17.1 Å². The van der Waals surface area contributed by atoms with Gasteiger partial charge in [-0.3, -0.25) is 4.79 Å². The lowest BCUT2D eigenvalue weighted by Crippen LogP contribution is -2.14. The molecule has 0 aliphatic rings. The van der Waals surface area contributed by atoms with Gasteiger partial charge >= 0.3 is 0 Å². The van der Waals surface area contributed by atoms with Gasteiger partial charge in [-0.25, -0.2) is 9.97 Å². The van der Waals surface area contributed by atoms with Crippen LogP contribution in [0.15, 0.2) is 17.0 Å². The molecule has 0 aromatic carbocycles. The number of carbonyl (C=O) groups excluding carboxylic acids is 1. The minimum Gasteiger partial charge on any atom is -0.330 e. The van der Waals surface area contributed by atoms with Crippen molar-refractivity contribution in [1.82, 2.24) is 9.97 Å². The molecule has 0 bridgehead atoms. The molecule has 0 aliphatic carbocycles. The number of thiazole rings is 2. The van der Waals surface area contributed by atoms with Crippen LogP contribution in [0.4, 0.5) is 5.13 Å². The maximum Gasteiger partial charge on any atom is 0.232 e. The monoisotopic (exact) mass is 268 g/mol. The van der Waals surface area contributed by atoms with Crippen LogP contribution in [0.25, 0.3) is 0 Å². The Kier molecular flexibility index (Phi) is 4.18. The largest absolute Gasteiger partial charge is 0.330 e. The Bertz CT molecular complexity index is 480. The van der Waals surface area contributed by atoms with E-state index in [9.17, 15) is 4.79 Å². The first-order valence-corrected chi connectivity index (χ1v) is 6.86. The minimum absolute atomic E-state index is 0.0930. The third-order valence-electron chi connectivity index (χ3n) is 1.98. The fraction of sp³-hybridized carbons (Fsp3) is 0.300. The molecule has 0 aliphatic heterocycles. The van der Waals surface area contributed by atoms with Crippen molar-refractivity contribution in [3.8, 4) is 0 Å². The number of hydrogen-bond acceptors (Lipinski definition) is 6. The highest BCUT2D eigenvalue weighted by Gasteiger charge is 2.08. The van der Waals surface area contributed by atoms with E-state index in [1.165, 1.54) is 22.7 Å².